The first-order chi connectivity index (χ1) is 14.1. The van der Waals surface area contributed by atoms with Crippen LogP contribution in [-0.2, 0) is 0 Å². The summed E-state index contributed by atoms with van der Waals surface area (Å²) in [7, 11) is 1.55. The van der Waals surface area contributed by atoms with Crippen LogP contribution in [0.3, 0.4) is 0 Å². The Hall–Kier alpha value is -2.93. The number of nitrogens with zero attached hydrogens (tertiary/aromatic N) is 2. The van der Waals surface area contributed by atoms with Crippen molar-refractivity contribution in [1.82, 2.24) is 10.3 Å². The van der Waals surface area contributed by atoms with E-state index in [0.29, 0.717) is 34.9 Å². The molecule has 0 radical (unpaired) electrons. The van der Waals surface area contributed by atoms with Crippen molar-refractivity contribution in [2.45, 2.75) is 12.8 Å². The van der Waals surface area contributed by atoms with Gasteiger partial charge >= 0.3 is 6.03 Å². The summed E-state index contributed by atoms with van der Waals surface area (Å²) in [4.78, 5) is 19.0. The van der Waals surface area contributed by atoms with E-state index in [-0.39, 0.29) is 6.03 Å². The number of ether oxygens (including phenoxy) is 1. The van der Waals surface area contributed by atoms with Gasteiger partial charge in [0.05, 0.1) is 12.8 Å². The van der Waals surface area contributed by atoms with Gasteiger partial charge < -0.3 is 24.7 Å². The molecule has 4 rings (SSSR count). The summed E-state index contributed by atoms with van der Waals surface area (Å²) in [6.45, 7) is 2.31. The minimum atomic E-state index is -0.271. The number of carbonyl (C=O) groups excluding carboxylic acids is 1. The monoisotopic (exact) mass is 414 g/mol. The van der Waals surface area contributed by atoms with Gasteiger partial charge in [-0.1, -0.05) is 23.7 Å². The molecule has 1 fully saturated rings. The molecule has 1 saturated heterocycles. The van der Waals surface area contributed by atoms with Gasteiger partial charge in [-0.15, -0.1) is 0 Å². The molecule has 0 bridgehead atoms. The molecule has 3 aromatic rings. The molecule has 29 heavy (non-hydrogen) atoms. The van der Waals surface area contributed by atoms with Crippen molar-refractivity contribution < 1.29 is 13.9 Å². The number of para-hydroxylation sites is 2. The summed E-state index contributed by atoms with van der Waals surface area (Å²) in [5.41, 5.74) is 2.22. The molecule has 0 saturated carbocycles. The van der Waals surface area contributed by atoms with Crippen molar-refractivity contribution in [1.29, 1.82) is 0 Å². The van der Waals surface area contributed by atoms with Gasteiger partial charge in [0.1, 0.15) is 11.3 Å². The summed E-state index contributed by atoms with van der Waals surface area (Å²) < 4.78 is 11.1. The Morgan fingerprint density at radius 3 is 2.83 bits per heavy atom. The lowest BCUT2D eigenvalue weighted by Gasteiger charge is -2.30. The van der Waals surface area contributed by atoms with Crippen molar-refractivity contribution in [2.24, 2.45) is 5.92 Å². The number of amides is 2. The highest BCUT2D eigenvalue weighted by molar-refractivity contribution is 6.31. The number of anilines is 2. The van der Waals surface area contributed by atoms with Crippen LogP contribution in [0.4, 0.5) is 16.5 Å². The lowest BCUT2D eigenvalue weighted by atomic mass is 9.97. The summed E-state index contributed by atoms with van der Waals surface area (Å²) >= 11 is 6.00. The fourth-order valence-electron chi connectivity index (χ4n) is 3.51. The molecule has 2 aromatic carbocycles. The van der Waals surface area contributed by atoms with Crippen molar-refractivity contribution in [3.05, 3.63) is 47.5 Å². The first-order valence-corrected chi connectivity index (χ1v) is 9.99. The second kappa shape index (κ2) is 8.61. The fraction of sp³-hybridized carbons (Fsp3) is 0.333. The third kappa shape index (κ3) is 4.56. The van der Waals surface area contributed by atoms with E-state index in [4.69, 9.17) is 20.8 Å². The number of aromatic nitrogens is 1. The Balaban J connectivity index is 1.26. The molecule has 2 N–H and O–H groups in total. The molecule has 0 unspecified atom stereocenters. The number of rotatable bonds is 5. The van der Waals surface area contributed by atoms with Crippen molar-refractivity contribution in [3.8, 4) is 5.75 Å². The maximum absolute atomic E-state index is 12.3. The summed E-state index contributed by atoms with van der Waals surface area (Å²) in [5, 5.41) is 6.27. The van der Waals surface area contributed by atoms with E-state index < -0.39 is 0 Å². The number of fused-ring (bicyclic) bond motifs is 1. The van der Waals surface area contributed by atoms with E-state index in [1.165, 1.54) is 0 Å². The zero-order chi connectivity index (χ0) is 20.2. The zero-order valence-corrected chi connectivity index (χ0v) is 16.9. The van der Waals surface area contributed by atoms with Crippen LogP contribution in [0, 0.1) is 5.92 Å². The largest absolute Gasteiger partial charge is 0.495 e. The van der Waals surface area contributed by atoms with Gasteiger partial charge in [0.15, 0.2) is 5.58 Å². The molecule has 8 heteroatoms. The second-order valence-corrected chi connectivity index (χ2v) is 7.51. The van der Waals surface area contributed by atoms with Crippen molar-refractivity contribution >= 4 is 40.4 Å². The average Bonchev–Trinajstić information content (AvgIpc) is 3.17. The number of halogens is 1. The predicted molar refractivity (Wildman–Crippen MR) is 114 cm³/mol. The Morgan fingerprint density at radius 2 is 2.07 bits per heavy atom. The molecule has 7 nitrogen and oxygen atoms in total. The number of oxazole rings is 1. The number of methoxy groups -OCH3 is 1. The van der Waals surface area contributed by atoms with E-state index in [9.17, 15) is 4.79 Å². The Kier molecular flexibility index (Phi) is 5.76. The van der Waals surface area contributed by atoms with Crippen LogP contribution in [0.2, 0.25) is 5.02 Å². The number of hydrogen-bond donors (Lipinski definition) is 2. The third-order valence-electron chi connectivity index (χ3n) is 5.13. The van der Waals surface area contributed by atoms with Crippen LogP contribution in [-0.4, -0.2) is 37.8 Å². The van der Waals surface area contributed by atoms with Gasteiger partial charge in [0.25, 0.3) is 6.01 Å². The van der Waals surface area contributed by atoms with Crippen LogP contribution >= 0.6 is 11.6 Å². The number of nitrogens with one attached hydrogen (secondary N) is 2. The Labute approximate surface area is 174 Å². The highest BCUT2D eigenvalue weighted by Crippen LogP contribution is 2.28. The Bertz CT molecular complexity index is 966. The minimum absolute atomic E-state index is 0.271. The highest BCUT2D eigenvalue weighted by atomic mass is 35.5. The lowest BCUT2D eigenvalue weighted by molar-refractivity contribution is 0.248. The van der Waals surface area contributed by atoms with Crippen LogP contribution < -0.4 is 20.3 Å². The normalized spacial score (nSPS) is 14.8. The highest BCUT2D eigenvalue weighted by Gasteiger charge is 2.23. The molecule has 0 spiro atoms. The quantitative estimate of drug-likeness (QED) is 0.641. The standard InChI is InChI=1S/C21H23ClN4O3/c1-28-18-7-6-15(22)12-17(18)24-20(27)23-13-14-8-10-26(11-9-14)21-25-16-4-2-3-5-19(16)29-21/h2-7,12,14H,8-11,13H2,1H3,(H2,23,24,27). The molecule has 2 heterocycles. The summed E-state index contributed by atoms with van der Waals surface area (Å²) in [6.07, 6.45) is 1.92. The van der Waals surface area contributed by atoms with E-state index in [1.807, 2.05) is 24.3 Å². The molecule has 1 aliphatic heterocycles. The fourth-order valence-corrected chi connectivity index (χ4v) is 3.68. The maximum atomic E-state index is 12.3. The molecular weight excluding hydrogens is 392 g/mol. The van der Waals surface area contributed by atoms with Crippen LogP contribution in [0.1, 0.15) is 12.8 Å². The first kappa shape index (κ1) is 19.4. The predicted octanol–water partition coefficient (Wildman–Crippen LogP) is 4.53. The van der Waals surface area contributed by atoms with Gasteiger partial charge in [0, 0.05) is 24.7 Å². The SMILES string of the molecule is COc1ccc(Cl)cc1NC(=O)NCC1CCN(c2nc3ccccc3o2)CC1. The first-order valence-electron chi connectivity index (χ1n) is 9.61. The lowest BCUT2D eigenvalue weighted by Crippen LogP contribution is -2.40. The molecule has 152 valence electrons. The molecule has 1 aliphatic rings. The van der Waals surface area contributed by atoms with Crippen molar-refractivity contribution in [2.75, 3.05) is 37.0 Å². The molecule has 2 amide bonds. The number of hydrogen-bond acceptors (Lipinski definition) is 5. The van der Waals surface area contributed by atoms with Gasteiger partial charge in [-0.25, -0.2) is 4.79 Å². The maximum Gasteiger partial charge on any atom is 0.319 e. The molecule has 1 aromatic heterocycles. The second-order valence-electron chi connectivity index (χ2n) is 7.07. The minimum Gasteiger partial charge on any atom is -0.495 e. The van der Waals surface area contributed by atoms with Crippen LogP contribution in [0.5, 0.6) is 5.75 Å². The van der Waals surface area contributed by atoms with Gasteiger partial charge in [0.2, 0.25) is 0 Å². The molecular formula is C21H23ClN4O3. The van der Waals surface area contributed by atoms with E-state index in [0.717, 1.165) is 37.0 Å². The van der Waals surface area contributed by atoms with E-state index in [1.54, 1.807) is 25.3 Å². The number of urea groups is 1. The topological polar surface area (TPSA) is 79.6 Å². The molecule has 0 atom stereocenters. The third-order valence-corrected chi connectivity index (χ3v) is 5.36. The van der Waals surface area contributed by atoms with E-state index >= 15 is 0 Å². The van der Waals surface area contributed by atoms with Crippen LogP contribution in [0.25, 0.3) is 11.1 Å². The smallest absolute Gasteiger partial charge is 0.319 e. The van der Waals surface area contributed by atoms with Crippen molar-refractivity contribution in [3.63, 3.8) is 0 Å². The average molecular weight is 415 g/mol. The number of benzene rings is 2. The van der Waals surface area contributed by atoms with Gasteiger partial charge in [-0.3, -0.25) is 0 Å². The van der Waals surface area contributed by atoms with Gasteiger partial charge in [-0.2, -0.15) is 4.98 Å². The summed E-state index contributed by atoms with van der Waals surface area (Å²) in [6, 6.07) is 13.3. The Morgan fingerprint density at radius 1 is 1.28 bits per heavy atom. The summed E-state index contributed by atoms with van der Waals surface area (Å²) in [5.74, 6) is 0.971. The zero-order valence-electron chi connectivity index (χ0n) is 16.2. The van der Waals surface area contributed by atoms with Crippen LogP contribution in [0.15, 0.2) is 46.9 Å². The number of piperidine rings is 1. The van der Waals surface area contributed by atoms with Gasteiger partial charge in [-0.05, 0) is 49.1 Å². The molecule has 0 aliphatic carbocycles. The van der Waals surface area contributed by atoms with E-state index in [2.05, 4.69) is 20.5 Å². The number of carbonyl (C=O) groups is 1.